The Morgan fingerprint density at radius 1 is 1.28 bits per heavy atom. The van der Waals surface area contributed by atoms with E-state index in [-0.39, 0.29) is 11.4 Å². The minimum Gasteiger partial charge on any atom is -0.352 e. The zero-order valence-electron chi connectivity index (χ0n) is 12.5. The molecular weight excluding hydrogens is 226 g/mol. The van der Waals surface area contributed by atoms with Crippen LogP contribution in [-0.2, 0) is 4.79 Å². The van der Waals surface area contributed by atoms with Crippen molar-refractivity contribution in [3.05, 3.63) is 0 Å². The van der Waals surface area contributed by atoms with Crippen molar-refractivity contribution in [3.63, 3.8) is 0 Å². The summed E-state index contributed by atoms with van der Waals surface area (Å²) in [4.78, 5) is 14.2. The van der Waals surface area contributed by atoms with E-state index < -0.39 is 0 Å². The molecule has 0 aromatic rings. The third-order valence-corrected chi connectivity index (χ3v) is 3.48. The number of hydrogen-bond donors (Lipinski definition) is 2. The van der Waals surface area contributed by atoms with Crippen LogP contribution in [0.3, 0.4) is 0 Å². The van der Waals surface area contributed by atoms with Crippen LogP contribution < -0.4 is 10.6 Å². The molecule has 0 radical (unpaired) electrons. The zero-order valence-corrected chi connectivity index (χ0v) is 12.5. The molecule has 1 saturated heterocycles. The number of rotatable bonds is 4. The summed E-state index contributed by atoms with van der Waals surface area (Å²) in [5, 5.41) is 6.26. The normalized spacial score (nSPS) is 19.2. The van der Waals surface area contributed by atoms with Gasteiger partial charge in [0.15, 0.2) is 0 Å². The van der Waals surface area contributed by atoms with Crippen molar-refractivity contribution in [1.82, 2.24) is 15.5 Å². The fraction of sp³-hybridized carbons (Fsp3) is 0.929. The lowest BCUT2D eigenvalue weighted by atomic mass is 9.98. The van der Waals surface area contributed by atoms with E-state index in [1.54, 1.807) is 0 Å². The molecule has 2 N–H and O–H groups in total. The molecule has 1 amide bonds. The van der Waals surface area contributed by atoms with Gasteiger partial charge in [-0.15, -0.1) is 0 Å². The van der Waals surface area contributed by atoms with Gasteiger partial charge in [0.2, 0.25) is 5.91 Å². The second-order valence-electron chi connectivity index (χ2n) is 6.54. The molecule has 0 aromatic carbocycles. The molecule has 0 bridgehead atoms. The standard InChI is InChI=1S/C14H29N3O/c1-11(2)15-10-13(18)16-12-6-8-17(9-7-12)14(3,4)5/h11-12,15H,6-10H2,1-5H3,(H,16,18). The van der Waals surface area contributed by atoms with Gasteiger partial charge in [0.05, 0.1) is 6.54 Å². The maximum atomic E-state index is 11.7. The fourth-order valence-corrected chi connectivity index (χ4v) is 2.27. The van der Waals surface area contributed by atoms with Crippen LogP contribution in [0.15, 0.2) is 0 Å². The number of hydrogen-bond acceptors (Lipinski definition) is 3. The Morgan fingerprint density at radius 3 is 2.28 bits per heavy atom. The molecule has 1 heterocycles. The van der Waals surface area contributed by atoms with Crippen LogP contribution in [0.5, 0.6) is 0 Å². The monoisotopic (exact) mass is 255 g/mol. The fourth-order valence-electron chi connectivity index (χ4n) is 2.27. The first-order valence-electron chi connectivity index (χ1n) is 7.07. The van der Waals surface area contributed by atoms with Crippen molar-refractivity contribution >= 4 is 5.91 Å². The van der Waals surface area contributed by atoms with E-state index >= 15 is 0 Å². The van der Waals surface area contributed by atoms with Crippen LogP contribution in [-0.4, -0.2) is 48.1 Å². The predicted octanol–water partition coefficient (Wildman–Crippen LogP) is 1.36. The van der Waals surface area contributed by atoms with E-state index in [0.717, 1.165) is 25.9 Å². The zero-order chi connectivity index (χ0) is 13.8. The molecule has 4 heteroatoms. The van der Waals surface area contributed by atoms with Crippen molar-refractivity contribution in [2.45, 2.75) is 65.1 Å². The Morgan fingerprint density at radius 2 is 1.83 bits per heavy atom. The lowest BCUT2D eigenvalue weighted by Gasteiger charge is -2.41. The lowest BCUT2D eigenvalue weighted by molar-refractivity contribution is -0.121. The number of likely N-dealkylation sites (tertiary alicyclic amines) is 1. The lowest BCUT2D eigenvalue weighted by Crippen LogP contribution is -2.52. The Kier molecular flexibility index (Phi) is 5.60. The average Bonchev–Trinajstić information content (AvgIpc) is 2.26. The third kappa shape index (κ3) is 5.36. The number of carbonyl (C=O) groups excluding carboxylic acids is 1. The second-order valence-corrected chi connectivity index (χ2v) is 6.54. The molecule has 1 aliphatic heterocycles. The number of amides is 1. The van der Waals surface area contributed by atoms with Crippen LogP contribution in [0, 0.1) is 0 Å². The highest BCUT2D eigenvalue weighted by atomic mass is 16.2. The van der Waals surface area contributed by atoms with Gasteiger partial charge in [-0.3, -0.25) is 9.69 Å². The first-order chi connectivity index (χ1) is 8.29. The van der Waals surface area contributed by atoms with Crippen molar-refractivity contribution < 1.29 is 4.79 Å². The molecule has 1 rings (SSSR count). The van der Waals surface area contributed by atoms with Crippen LogP contribution >= 0.6 is 0 Å². The largest absolute Gasteiger partial charge is 0.352 e. The number of piperidine rings is 1. The summed E-state index contributed by atoms with van der Waals surface area (Å²) in [5.41, 5.74) is 0.244. The summed E-state index contributed by atoms with van der Waals surface area (Å²) in [6, 6.07) is 0.712. The minimum atomic E-state index is 0.123. The van der Waals surface area contributed by atoms with E-state index in [1.165, 1.54) is 0 Å². The van der Waals surface area contributed by atoms with Crippen molar-refractivity contribution in [1.29, 1.82) is 0 Å². The number of nitrogens with zero attached hydrogens (tertiary/aromatic N) is 1. The highest BCUT2D eigenvalue weighted by Crippen LogP contribution is 2.19. The van der Waals surface area contributed by atoms with E-state index in [2.05, 4.69) is 50.2 Å². The van der Waals surface area contributed by atoms with Gasteiger partial charge in [0, 0.05) is 30.7 Å². The first kappa shape index (κ1) is 15.4. The summed E-state index contributed by atoms with van der Waals surface area (Å²) in [6.45, 7) is 13.4. The van der Waals surface area contributed by atoms with Gasteiger partial charge in [0.1, 0.15) is 0 Å². The van der Waals surface area contributed by atoms with Crippen molar-refractivity contribution in [3.8, 4) is 0 Å². The smallest absolute Gasteiger partial charge is 0.234 e. The molecule has 1 fully saturated rings. The summed E-state index contributed by atoms with van der Waals surface area (Å²) in [7, 11) is 0. The van der Waals surface area contributed by atoms with Gasteiger partial charge in [-0.2, -0.15) is 0 Å². The Bertz CT molecular complexity index is 263. The predicted molar refractivity (Wildman–Crippen MR) is 75.6 cm³/mol. The first-order valence-corrected chi connectivity index (χ1v) is 7.07. The van der Waals surface area contributed by atoms with E-state index in [0.29, 0.717) is 18.6 Å². The van der Waals surface area contributed by atoms with Crippen LogP contribution in [0.1, 0.15) is 47.5 Å². The third-order valence-electron chi connectivity index (χ3n) is 3.48. The van der Waals surface area contributed by atoms with E-state index in [4.69, 9.17) is 0 Å². The van der Waals surface area contributed by atoms with Gasteiger partial charge < -0.3 is 10.6 Å². The van der Waals surface area contributed by atoms with Gasteiger partial charge in [-0.25, -0.2) is 0 Å². The molecule has 1 aliphatic rings. The number of carbonyl (C=O) groups is 1. The maximum absolute atomic E-state index is 11.7. The summed E-state index contributed by atoms with van der Waals surface area (Å²) < 4.78 is 0. The van der Waals surface area contributed by atoms with Crippen LogP contribution in [0.2, 0.25) is 0 Å². The molecule has 0 aliphatic carbocycles. The molecule has 0 spiro atoms. The minimum absolute atomic E-state index is 0.123. The molecule has 18 heavy (non-hydrogen) atoms. The SMILES string of the molecule is CC(C)NCC(=O)NC1CCN(C(C)(C)C)CC1. The summed E-state index contributed by atoms with van der Waals surface area (Å²) in [6.07, 6.45) is 2.12. The Hall–Kier alpha value is -0.610. The Balaban J connectivity index is 2.25. The van der Waals surface area contributed by atoms with Gasteiger partial charge in [-0.1, -0.05) is 13.8 Å². The number of nitrogens with one attached hydrogen (secondary N) is 2. The van der Waals surface area contributed by atoms with Crippen molar-refractivity contribution in [2.75, 3.05) is 19.6 Å². The summed E-state index contributed by atoms with van der Waals surface area (Å²) >= 11 is 0. The molecule has 0 aromatic heterocycles. The molecular formula is C14H29N3O. The van der Waals surface area contributed by atoms with E-state index in [9.17, 15) is 4.79 Å². The van der Waals surface area contributed by atoms with Gasteiger partial charge in [0.25, 0.3) is 0 Å². The topological polar surface area (TPSA) is 44.4 Å². The highest BCUT2D eigenvalue weighted by Gasteiger charge is 2.27. The second kappa shape index (κ2) is 6.53. The molecule has 0 saturated carbocycles. The average molecular weight is 255 g/mol. The van der Waals surface area contributed by atoms with Crippen LogP contribution in [0.25, 0.3) is 0 Å². The molecule has 0 unspecified atom stereocenters. The molecule has 106 valence electrons. The highest BCUT2D eigenvalue weighted by molar-refractivity contribution is 5.78. The quantitative estimate of drug-likeness (QED) is 0.797. The van der Waals surface area contributed by atoms with Crippen molar-refractivity contribution in [2.24, 2.45) is 0 Å². The Labute approximate surface area is 111 Å². The molecule has 4 nitrogen and oxygen atoms in total. The van der Waals surface area contributed by atoms with Gasteiger partial charge in [-0.05, 0) is 33.6 Å². The summed E-state index contributed by atoms with van der Waals surface area (Å²) in [5.74, 6) is 0.123. The van der Waals surface area contributed by atoms with Crippen LogP contribution in [0.4, 0.5) is 0 Å². The maximum Gasteiger partial charge on any atom is 0.234 e. The van der Waals surface area contributed by atoms with Gasteiger partial charge >= 0.3 is 0 Å². The molecule has 0 atom stereocenters. The van der Waals surface area contributed by atoms with E-state index in [1.807, 2.05) is 0 Å².